The average molecular weight is 438 g/mol. The SMILES string of the molecule is O=C(CCN1CCC(c2ccccc2Cl)C1)c1ccc2cc3c(cc2c1)SCCO3. The van der Waals surface area contributed by atoms with Crippen molar-refractivity contribution in [1.82, 2.24) is 4.90 Å². The van der Waals surface area contributed by atoms with Gasteiger partial charge in [-0.25, -0.2) is 0 Å². The molecular formula is C25H24ClNO2S. The maximum atomic E-state index is 12.9. The summed E-state index contributed by atoms with van der Waals surface area (Å²) in [5, 5.41) is 3.08. The second-order valence-electron chi connectivity index (χ2n) is 8.04. The molecule has 3 aromatic rings. The average Bonchev–Trinajstić information content (AvgIpc) is 3.24. The van der Waals surface area contributed by atoms with E-state index in [9.17, 15) is 4.79 Å². The zero-order valence-corrected chi connectivity index (χ0v) is 18.3. The van der Waals surface area contributed by atoms with Crippen molar-refractivity contribution in [2.24, 2.45) is 0 Å². The molecule has 0 spiro atoms. The van der Waals surface area contributed by atoms with Gasteiger partial charge in [-0.05, 0) is 59.5 Å². The van der Waals surface area contributed by atoms with E-state index < -0.39 is 0 Å². The lowest BCUT2D eigenvalue weighted by Gasteiger charge is -2.18. The molecule has 0 aromatic heterocycles. The Morgan fingerprint density at radius 3 is 2.93 bits per heavy atom. The zero-order chi connectivity index (χ0) is 20.5. The third kappa shape index (κ3) is 4.09. The third-order valence-electron chi connectivity index (χ3n) is 6.10. The lowest BCUT2D eigenvalue weighted by atomic mass is 9.98. The number of hydrogen-bond acceptors (Lipinski definition) is 4. The molecule has 1 fully saturated rings. The van der Waals surface area contributed by atoms with Gasteiger partial charge < -0.3 is 9.64 Å². The van der Waals surface area contributed by atoms with Crippen molar-refractivity contribution in [3.8, 4) is 5.75 Å². The summed E-state index contributed by atoms with van der Waals surface area (Å²) in [5.41, 5.74) is 2.03. The Morgan fingerprint density at radius 1 is 1.13 bits per heavy atom. The molecule has 5 heteroatoms. The minimum absolute atomic E-state index is 0.208. The van der Waals surface area contributed by atoms with Crippen LogP contribution in [0.2, 0.25) is 5.02 Å². The number of hydrogen-bond donors (Lipinski definition) is 0. The number of likely N-dealkylation sites (tertiary alicyclic amines) is 1. The van der Waals surface area contributed by atoms with Gasteiger partial charge in [-0.1, -0.05) is 41.9 Å². The predicted octanol–water partition coefficient (Wildman–Crippen LogP) is 6.04. The topological polar surface area (TPSA) is 29.5 Å². The number of Topliss-reactive ketones (excluding diaryl/α,β-unsaturated/α-hetero) is 1. The van der Waals surface area contributed by atoms with E-state index in [1.807, 2.05) is 42.1 Å². The highest BCUT2D eigenvalue weighted by Crippen LogP contribution is 2.37. The first kappa shape index (κ1) is 19.9. The van der Waals surface area contributed by atoms with Gasteiger partial charge in [-0.15, -0.1) is 11.8 Å². The minimum Gasteiger partial charge on any atom is -0.492 e. The summed E-state index contributed by atoms with van der Waals surface area (Å²) >= 11 is 8.19. The molecule has 2 aliphatic rings. The Hall–Kier alpha value is -2.01. The molecule has 2 aliphatic heterocycles. The Kier molecular flexibility index (Phi) is 5.72. The summed E-state index contributed by atoms with van der Waals surface area (Å²) in [6, 6.07) is 18.4. The van der Waals surface area contributed by atoms with Crippen LogP contribution in [0.25, 0.3) is 10.8 Å². The molecule has 5 rings (SSSR count). The van der Waals surface area contributed by atoms with E-state index >= 15 is 0 Å². The first-order chi connectivity index (χ1) is 14.7. The Morgan fingerprint density at radius 2 is 2.03 bits per heavy atom. The Bertz CT molecular complexity index is 1100. The molecule has 2 heterocycles. The molecule has 0 saturated carbocycles. The molecule has 1 atom stereocenters. The zero-order valence-electron chi connectivity index (χ0n) is 16.8. The maximum Gasteiger partial charge on any atom is 0.164 e. The number of ether oxygens (including phenoxy) is 1. The van der Waals surface area contributed by atoms with E-state index in [2.05, 4.69) is 29.2 Å². The van der Waals surface area contributed by atoms with E-state index in [0.29, 0.717) is 12.3 Å². The number of benzene rings is 3. The minimum atomic E-state index is 0.208. The number of fused-ring (bicyclic) bond motifs is 2. The predicted molar refractivity (Wildman–Crippen MR) is 124 cm³/mol. The summed E-state index contributed by atoms with van der Waals surface area (Å²) in [5.74, 6) is 2.60. The van der Waals surface area contributed by atoms with E-state index in [4.69, 9.17) is 16.3 Å². The molecule has 0 radical (unpaired) electrons. The molecule has 0 bridgehead atoms. The fourth-order valence-electron chi connectivity index (χ4n) is 4.46. The van der Waals surface area contributed by atoms with Crippen LogP contribution in [-0.2, 0) is 0 Å². The number of ketones is 1. The molecule has 1 unspecified atom stereocenters. The lowest BCUT2D eigenvalue weighted by molar-refractivity contribution is 0.0969. The van der Waals surface area contributed by atoms with Crippen LogP contribution in [0.1, 0.15) is 34.7 Å². The highest BCUT2D eigenvalue weighted by atomic mass is 35.5. The van der Waals surface area contributed by atoms with E-state index in [1.165, 1.54) is 10.5 Å². The van der Waals surface area contributed by atoms with Gasteiger partial charge in [0.2, 0.25) is 0 Å². The van der Waals surface area contributed by atoms with Gasteiger partial charge in [0.25, 0.3) is 0 Å². The molecule has 154 valence electrons. The van der Waals surface area contributed by atoms with Gasteiger partial charge in [0.1, 0.15) is 5.75 Å². The van der Waals surface area contributed by atoms with E-state index in [-0.39, 0.29) is 5.78 Å². The van der Waals surface area contributed by atoms with Gasteiger partial charge in [-0.2, -0.15) is 0 Å². The molecule has 0 aliphatic carbocycles. The standard InChI is InChI=1S/C25H24ClNO2S/c26-22-4-2-1-3-21(22)19-7-9-27(16-19)10-8-23(28)18-6-5-17-14-24-25(15-20(17)13-18)30-12-11-29-24/h1-6,13-15,19H,7-12,16H2. The normalized spacial score (nSPS) is 18.9. The van der Waals surface area contributed by atoms with Crippen molar-refractivity contribution in [2.75, 3.05) is 32.0 Å². The van der Waals surface area contributed by atoms with Crippen molar-refractivity contribution in [3.05, 3.63) is 70.7 Å². The van der Waals surface area contributed by atoms with Gasteiger partial charge in [-0.3, -0.25) is 4.79 Å². The van der Waals surface area contributed by atoms with Crippen LogP contribution in [0.5, 0.6) is 5.75 Å². The van der Waals surface area contributed by atoms with E-state index in [0.717, 1.165) is 65.5 Å². The van der Waals surface area contributed by atoms with Crippen LogP contribution in [0, 0.1) is 0 Å². The Labute approximate surface area is 186 Å². The van der Waals surface area contributed by atoms with Crippen LogP contribution in [0.15, 0.2) is 59.5 Å². The fourth-order valence-corrected chi connectivity index (χ4v) is 5.61. The number of halogens is 1. The second-order valence-corrected chi connectivity index (χ2v) is 9.58. The number of carbonyl (C=O) groups is 1. The Balaban J connectivity index is 1.23. The smallest absolute Gasteiger partial charge is 0.164 e. The fraction of sp³-hybridized carbons (Fsp3) is 0.320. The van der Waals surface area contributed by atoms with Crippen LogP contribution in [0.3, 0.4) is 0 Å². The van der Waals surface area contributed by atoms with Crippen molar-refractivity contribution in [1.29, 1.82) is 0 Å². The summed E-state index contributed by atoms with van der Waals surface area (Å²) in [7, 11) is 0. The van der Waals surface area contributed by atoms with Gasteiger partial charge in [0.05, 0.1) is 11.5 Å². The molecular weight excluding hydrogens is 414 g/mol. The second kappa shape index (κ2) is 8.62. The van der Waals surface area contributed by atoms with Crippen LogP contribution in [-0.4, -0.2) is 42.7 Å². The first-order valence-electron chi connectivity index (χ1n) is 10.5. The molecule has 3 nitrogen and oxygen atoms in total. The lowest BCUT2D eigenvalue weighted by Crippen LogP contribution is -2.23. The van der Waals surface area contributed by atoms with Crippen molar-refractivity contribution in [2.45, 2.75) is 23.7 Å². The van der Waals surface area contributed by atoms with Crippen molar-refractivity contribution < 1.29 is 9.53 Å². The number of nitrogens with zero attached hydrogens (tertiary/aromatic N) is 1. The van der Waals surface area contributed by atoms with Crippen LogP contribution in [0.4, 0.5) is 0 Å². The van der Waals surface area contributed by atoms with Gasteiger partial charge >= 0.3 is 0 Å². The molecule has 0 amide bonds. The quantitative estimate of drug-likeness (QED) is 0.455. The molecule has 1 saturated heterocycles. The van der Waals surface area contributed by atoms with Crippen molar-refractivity contribution in [3.63, 3.8) is 0 Å². The number of thioether (sulfide) groups is 1. The highest BCUT2D eigenvalue weighted by Gasteiger charge is 2.25. The van der Waals surface area contributed by atoms with Gasteiger partial charge in [0, 0.05) is 35.8 Å². The largest absolute Gasteiger partial charge is 0.492 e. The molecule has 30 heavy (non-hydrogen) atoms. The molecule has 3 aromatic carbocycles. The maximum absolute atomic E-state index is 12.9. The number of carbonyl (C=O) groups excluding carboxylic acids is 1. The first-order valence-corrected chi connectivity index (χ1v) is 11.9. The van der Waals surface area contributed by atoms with Crippen LogP contribution >= 0.6 is 23.4 Å². The third-order valence-corrected chi connectivity index (χ3v) is 7.44. The monoisotopic (exact) mass is 437 g/mol. The summed E-state index contributed by atoms with van der Waals surface area (Å²) in [4.78, 5) is 16.4. The highest BCUT2D eigenvalue weighted by molar-refractivity contribution is 7.99. The van der Waals surface area contributed by atoms with Gasteiger partial charge in [0.15, 0.2) is 5.78 Å². The summed E-state index contributed by atoms with van der Waals surface area (Å²) in [6.07, 6.45) is 1.64. The van der Waals surface area contributed by atoms with Crippen LogP contribution < -0.4 is 4.74 Å². The van der Waals surface area contributed by atoms with E-state index in [1.54, 1.807) is 0 Å². The summed E-state index contributed by atoms with van der Waals surface area (Å²) in [6.45, 7) is 3.54. The molecule has 0 N–H and O–H groups in total. The van der Waals surface area contributed by atoms with Crippen molar-refractivity contribution >= 4 is 39.9 Å². The summed E-state index contributed by atoms with van der Waals surface area (Å²) < 4.78 is 5.75. The number of rotatable bonds is 5.